The van der Waals surface area contributed by atoms with Crippen molar-refractivity contribution in [1.82, 2.24) is 10.2 Å². The Morgan fingerprint density at radius 2 is 1.89 bits per heavy atom. The molecule has 0 aromatic heterocycles. The summed E-state index contributed by atoms with van der Waals surface area (Å²) in [4.78, 5) is 2.70. The van der Waals surface area contributed by atoms with Crippen LogP contribution >= 0.6 is 0 Å². The van der Waals surface area contributed by atoms with Gasteiger partial charge >= 0.3 is 0 Å². The normalized spacial score (nSPS) is 34.1. The van der Waals surface area contributed by atoms with Gasteiger partial charge in [-0.2, -0.15) is 0 Å². The zero-order valence-corrected chi connectivity index (χ0v) is 12.9. The van der Waals surface area contributed by atoms with Crippen molar-refractivity contribution in [2.45, 2.75) is 76.5 Å². The number of methoxy groups -OCH3 is 1. The van der Waals surface area contributed by atoms with Crippen molar-refractivity contribution < 1.29 is 4.74 Å². The highest BCUT2D eigenvalue weighted by molar-refractivity contribution is 4.90. The van der Waals surface area contributed by atoms with E-state index in [1.807, 2.05) is 7.11 Å². The van der Waals surface area contributed by atoms with Gasteiger partial charge in [-0.1, -0.05) is 32.6 Å². The summed E-state index contributed by atoms with van der Waals surface area (Å²) in [6.45, 7) is 5.81. The van der Waals surface area contributed by atoms with Crippen LogP contribution in [0.4, 0.5) is 0 Å². The number of hydrogen-bond acceptors (Lipinski definition) is 3. The Kier molecular flexibility index (Phi) is 6.62. The lowest BCUT2D eigenvalue weighted by molar-refractivity contribution is 0.0904. The second kappa shape index (κ2) is 8.23. The standard InChI is InChI=1S/C16H32N2O/c1-3-11-17-15-8-6-4-5-7-9-16(15)18-12-10-14(13-18)19-2/h14-17H,3-13H2,1-2H3. The molecule has 0 amide bonds. The smallest absolute Gasteiger partial charge is 0.0710 e. The van der Waals surface area contributed by atoms with Crippen molar-refractivity contribution in [2.75, 3.05) is 26.7 Å². The molecule has 3 nitrogen and oxygen atoms in total. The molecule has 0 aromatic carbocycles. The lowest BCUT2D eigenvalue weighted by Crippen LogP contribution is -2.50. The first-order valence-corrected chi connectivity index (χ1v) is 8.35. The summed E-state index contributed by atoms with van der Waals surface area (Å²) in [6.07, 6.45) is 11.3. The molecule has 0 bridgehead atoms. The molecule has 1 heterocycles. The lowest BCUT2D eigenvalue weighted by Gasteiger charge is -2.37. The summed E-state index contributed by atoms with van der Waals surface area (Å²) >= 11 is 0. The minimum atomic E-state index is 0.470. The Balaban J connectivity index is 1.94. The molecule has 1 aliphatic heterocycles. The van der Waals surface area contributed by atoms with E-state index in [9.17, 15) is 0 Å². The van der Waals surface area contributed by atoms with E-state index in [4.69, 9.17) is 4.74 Å². The van der Waals surface area contributed by atoms with Crippen LogP contribution < -0.4 is 5.32 Å². The van der Waals surface area contributed by atoms with E-state index in [0.717, 1.165) is 12.6 Å². The Morgan fingerprint density at radius 1 is 1.11 bits per heavy atom. The maximum atomic E-state index is 5.54. The second-order valence-electron chi connectivity index (χ2n) is 6.26. The molecular formula is C16H32N2O. The summed E-state index contributed by atoms with van der Waals surface area (Å²) in [6, 6.07) is 1.45. The largest absolute Gasteiger partial charge is 0.380 e. The average Bonchev–Trinajstić information content (AvgIpc) is 2.86. The highest BCUT2D eigenvalue weighted by atomic mass is 16.5. The zero-order chi connectivity index (χ0) is 13.5. The van der Waals surface area contributed by atoms with Gasteiger partial charge < -0.3 is 10.1 Å². The van der Waals surface area contributed by atoms with Crippen LogP contribution in [0.2, 0.25) is 0 Å². The fourth-order valence-corrected chi connectivity index (χ4v) is 3.72. The molecule has 1 aliphatic carbocycles. The Bertz CT molecular complexity index is 245. The van der Waals surface area contributed by atoms with Gasteiger partial charge in [-0.05, 0) is 32.2 Å². The van der Waals surface area contributed by atoms with E-state index in [1.54, 1.807) is 0 Å². The minimum absolute atomic E-state index is 0.470. The van der Waals surface area contributed by atoms with Gasteiger partial charge in [0.25, 0.3) is 0 Å². The number of nitrogens with one attached hydrogen (secondary N) is 1. The van der Waals surface area contributed by atoms with Gasteiger partial charge in [0.15, 0.2) is 0 Å². The van der Waals surface area contributed by atoms with Crippen LogP contribution in [0.1, 0.15) is 58.3 Å². The van der Waals surface area contributed by atoms with E-state index in [1.165, 1.54) is 64.5 Å². The fourth-order valence-electron chi connectivity index (χ4n) is 3.72. The van der Waals surface area contributed by atoms with Gasteiger partial charge in [-0.15, -0.1) is 0 Å². The number of rotatable bonds is 5. The van der Waals surface area contributed by atoms with E-state index >= 15 is 0 Å². The SMILES string of the molecule is CCCNC1CCCCCCC1N1CCC(OC)C1. The maximum Gasteiger partial charge on any atom is 0.0710 e. The molecule has 3 unspecified atom stereocenters. The van der Waals surface area contributed by atoms with E-state index in [0.29, 0.717) is 12.1 Å². The summed E-state index contributed by atoms with van der Waals surface area (Å²) in [5.41, 5.74) is 0. The fraction of sp³-hybridized carbons (Fsp3) is 1.00. The van der Waals surface area contributed by atoms with Gasteiger partial charge in [0.2, 0.25) is 0 Å². The first-order valence-electron chi connectivity index (χ1n) is 8.35. The van der Waals surface area contributed by atoms with Crippen LogP contribution in [0.15, 0.2) is 0 Å². The summed E-state index contributed by atoms with van der Waals surface area (Å²) in [7, 11) is 1.86. The van der Waals surface area contributed by atoms with Gasteiger partial charge in [-0.25, -0.2) is 0 Å². The Labute approximate surface area is 119 Å². The molecule has 19 heavy (non-hydrogen) atoms. The van der Waals surface area contributed by atoms with E-state index in [2.05, 4.69) is 17.1 Å². The van der Waals surface area contributed by atoms with Gasteiger partial charge in [0.1, 0.15) is 0 Å². The lowest BCUT2D eigenvalue weighted by atomic mass is 9.91. The highest BCUT2D eigenvalue weighted by Gasteiger charge is 2.32. The zero-order valence-electron chi connectivity index (χ0n) is 12.9. The summed E-state index contributed by atoms with van der Waals surface area (Å²) in [5.74, 6) is 0. The molecule has 2 fully saturated rings. The van der Waals surface area contributed by atoms with Crippen LogP contribution in [0.25, 0.3) is 0 Å². The van der Waals surface area contributed by atoms with Gasteiger partial charge in [0.05, 0.1) is 6.10 Å². The van der Waals surface area contributed by atoms with Crippen LogP contribution in [-0.4, -0.2) is 49.8 Å². The van der Waals surface area contributed by atoms with E-state index in [-0.39, 0.29) is 0 Å². The van der Waals surface area contributed by atoms with Crippen molar-refractivity contribution in [1.29, 1.82) is 0 Å². The highest BCUT2D eigenvalue weighted by Crippen LogP contribution is 2.25. The number of nitrogens with zero attached hydrogens (tertiary/aromatic N) is 1. The van der Waals surface area contributed by atoms with Crippen molar-refractivity contribution in [3.8, 4) is 0 Å². The Hall–Kier alpha value is -0.120. The number of likely N-dealkylation sites (tertiary alicyclic amines) is 1. The average molecular weight is 268 g/mol. The van der Waals surface area contributed by atoms with Crippen LogP contribution in [0.3, 0.4) is 0 Å². The quantitative estimate of drug-likeness (QED) is 0.830. The Morgan fingerprint density at radius 3 is 2.58 bits per heavy atom. The molecule has 3 heteroatoms. The van der Waals surface area contributed by atoms with Crippen molar-refractivity contribution in [2.24, 2.45) is 0 Å². The predicted octanol–water partition coefficient (Wildman–Crippen LogP) is 2.80. The molecule has 2 aliphatic rings. The minimum Gasteiger partial charge on any atom is -0.380 e. The number of ether oxygens (including phenoxy) is 1. The second-order valence-corrected chi connectivity index (χ2v) is 6.26. The number of hydrogen-bond donors (Lipinski definition) is 1. The first kappa shape index (κ1) is 15.3. The molecule has 0 aromatic rings. The summed E-state index contributed by atoms with van der Waals surface area (Å²) in [5, 5.41) is 3.82. The van der Waals surface area contributed by atoms with Crippen LogP contribution in [0.5, 0.6) is 0 Å². The molecule has 1 N–H and O–H groups in total. The first-order chi connectivity index (χ1) is 9.35. The molecule has 3 atom stereocenters. The third-order valence-corrected chi connectivity index (χ3v) is 4.86. The van der Waals surface area contributed by atoms with Crippen LogP contribution in [-0.2, 0) is 4.74 Å². The molecule has 0 radical (unpaired) electrons. The third-order valence-electron chi connectivity index (χ3n) is 4.86. The summed E-state index contributed by atoms with van der Waals surface area (Å²) < 4.78 is 5.54. The molecule has 112 valence electrons. The molecule has 2 rings (SSSR count). The monoisotopic (exact) mass is 268 g/mol. The van der Waals surface area contributed by atoms with Crippen LogP contribution in [0, 0.1) is 0 Å². The van der Waals surface area contributed by atoms with Crippen molar-refractivity contribution in [3.63, 3.8) is 0 Å². The van der Waals surface area contributed by atoms with Crippen molar-refractivity contribution in [3.05, 3.63) is 0 Å². The van der Waals surface area contributed by atoms with E-state index < -0.39 is 0 Å². The predicted molar refractivity (Wildman–Crippen MR) is 80.6 cm³/mol. The van der Waals surface area contributed by atoms with Gasteiger partial charge in [-0.3, -0.25) is 4.90 Å². The topological polar surface area (TPSA) is 24.5 Å². The molecule has 1 saturated carbocycles. The molecule has 1 saturated heterocycles. The molecule has 0 spiro atoms. The van der Waals surface area contributed by atoms with Crippen molar-refractivity contribution >= 4 is 0 Å². The van der Waals surface area contributed by atoms with Gasteiger partial charge in [0, 0.05) is 32.3 Å². The third kappa shape index (κ3) is 4.44. The maximum absolute atomic E-state index is 5.54. The molecular weight excluding hydrogens is 236 g/mol.